The van der Waals surface area contributed by atoms with Crippen molar-refractivity contribution in [1.29, 1.82) is 10.5 Å². The zero-order valence-electron chi connectivity index (χ0n) is 35.5. The fourth-order valence-corrected chi connectivity index (χ4v) is 8.86. The standard InChI is InChI=1S/C47H39F6N9O5/c1-62(67,20-4-18-58-26-36-38(42(58)63)40(30-14-10-28(24-54)11-15-30)56-44(65)60(36)34-8-2-6-32(22-34)46(48,49)50)21-5-19-59-27-37-39(43(59)64)41(31-16-12-29(25-55)13-17-31)57-45(66)61(37)35-9-3-7-33(23-35)47(51,52)53/h2-3,6-17,22-23,40-41,67H,4-5,18-21,26-27H2,1H3,(H-,56,57,65,66)/p+1/t40-,41-/m1/s1. The van der Waals surface area contributed by atoms with Gasteiger partial charge in [0.25, 0.3) is 11.8 Å². The number of nitriles is 2. The number of hydrogen-bond acceptors (Lipinski definition) is 7. The average Bonchev–Trinajstić information content (AvgIpc) is 3.79. The Morgan fingerprint density at radius 3 is 1.34 bits per heavy atom. The van der Waals surface area contributed by atoms with Crippen LogP contribution in [0.1, 0.15) is 58.3 Å². The number of rotatable bonds is 12. The summed E-state index contributed by atoms with van der Waals surface area (Å²) < 4.78 is 82.0. The normalized spacial score (nSPS) is 18.8. The number of hydroxylamine groups is 3. The fraction of sp³-hybridized carbons (Fsp3) is 0.277. The number of urea groups is 2. The highest BCUT2D eigenvalue weighted by Gasteiger charge is 2.47. The Kier molecular flexibility index (Phi) is 12.1. The maximum atomic E-state index is 14.2. The van der Waals surface area contributed by atoms with E-state index in [1.807, 2.05) is 12.1 Å². The van der Waals surface area contributed by atoms with Gasteiger partial charge in [-0.05, 0) is 71.8 Å². The second-order valence-corrected chi connectivity index (χ2v) is 16.7. The summed E-state index contributed by atoms with van der Waals surface area (Å²) in [5.41, 5.74) is 0.0744. The van der Waals surface area contributed by atoms with Crippen molar-refractivity contribution in [3.8, 4) is 12.1 Å². The first-order valence-corrected chi connectivity index (χ1v) is 21.0. The summed E-state index contributed by atoms with van der Waals surface area (Å²) >= 11 is 0. The molecule has 0 aromatic heterocycles. The van der Waals surface area contributed by atoms with Crippen molar-refractivity contribution in [2.24, 2.45) is 0 Å². The first-order valence-electron chi connectivity index (χ1n) is 21.0. The third kappa shape index (κ3) is 9.13. The number of hydrogen-bond donors (Lipinski definition) is 3. The van der Waals surface area contributed by atoms with E-state index in [9.17, 15) is 61.3 Å². The summed E-state index contributed by atoms with van der Waals surface area (Å²) in [5, 5.41) is 35.6. The first-order chi connectivity index (χ1) is 31.8. The van der Waals surface area contributed by atoms with Crippen LogP contribution in [0, 0.1) is 22.7 Å². The largest absolute Gasteiger partial charge is 0.416 e. The van der Waals surface area contributed by atoms with Crippen molar-refractivity contribution in [3.63, 3.8) is 0 Å². The minimum atomic E-state index is -4.71. The van der Waals surface area contributed by atoms with Crippen LogP contribution in [0.4, 0.5) is 47.3 Å². The quantitative estimate of drug-likeness (QED) is 0.0749. The molecule has 3 N–H and O–H groups in total. The molecule has 67 heavy (non-hydrogen) atoms. The van der Waals surface area contributed by atoms with Crippen molar-refractivity contribution < 1.29 is 55.4 Å². The zero-order valence-corrected chi connectivity index (χ0v) is 35.5. The Morgan fingerprint density at radius 2 is 1.00 bits per heavy atom. The van der Waals surface area contributed by atoms with Crippen LogP contribution in [-0.2, 0) is 21.9 Å². The highest BCUT2D eigenvalue weighted by Crippen LogP contribution is 2.42. The molecule has 4 aliphatic rings. The first kappa shape index (κ1) is 45.9. The number of carbonyl (C=O) groups is 4. The van der Waals surface area contributed by atoms with E-state index in [0.29, 0.717) is 22.3 Å². The third-order valence-corrected chi connectivity index (χ3v) is 12.1. The van der Waals surface area contributed by atoms with Gasteiger partial charge in [0.2, 0.25) is 0 Å². The second kappa shape index (κ2) is 17.6. The number of carbonyl (C=O) groups excluding carboxylic acids is 4. The lowest BCUT2D eigenvalue weighted by molar-refractivity contribution is -1.09. The molecule has 4 heterocycles. The fourth-order valence-electron chi connectivity index (χ4n) is 8.86. The number of nitrogens with one attached hydrogen (secondary N) is 2. The summed E-state index contributed by atoms with van der Waals surface area (Å²) in [6.45, 7) is 0.102. The molecular formula is C47H40F6N9O5+. The van der Waals surface area contributed by atoms with E-state index in [-0.39, 0.29) is 86.0 Å². The van der Waals surface area contributed by atoms with Gasteiger partial charge < -0.3 is 20.4 Å². The van der Waals surface area contributed by atoms with E-state index in [2.05, 4.69) is 10.6 Å². The molecule has 0 aliphatic carbocycles. The maximum Gasteiger partial charge on any atom is 0.416 e. The van der Waals surface area contributed by atoms with Crippen molar-refractivity contribution >= 4 is 35.3 Å². The summed E-state index contributed by atoms with van der Waals surface area (Å²) in [6.07, 6.45) is -8.95. The molecule has 0 fully saturated rings. The molecule has 0 spiro atoms. The van der Waals surface area contributed by atoms with Crippen LogP contribution < -0.4 is 20.4 Å². The highest BCUT2D eigenvalue weighted by molar-refractivity contribution is 6.08. The van der Waals surface area contributed by atoms with Gasteiger partial charge in [0, 0.05) is 25.9 Å². The van der Waals surface area contributed by atoms with Gasteiger partial charge in [-0.1, -0.05) is 36.4 Å². The molecule has 20 heteroatoms. The van der Waals surface area contributed by atoms with E-state index in [4.69, 9.17) is 0 Å². The summed E-state index contributed by atoms with van der Waals surface area (Å²) in [6, 6.07) is 21.3. The third-order valence-electron chi connectivity index (χ3n) is 12.1. The SMILES string of the molecule is C[N+](O)(CCCN1CC2=C(C1=O)[C@@H](c1ccc(C#N)cc1)NC(=O)N2c1cccc(C(F)(F)F)c1)CCCN1CC2=C(C1=O)[C@@H](c1ccc(C#N)cc1)NC(=O)N2c1cccc(C(F)(F)F)c1. The van der Waals surface area contributed by atoms with Crippen molar-refractivity contribution in [2.45, 2.75) is 37.3 Å². The molecule has 6 amide bonds. The Morgan fingerprint density at radius 1 is 0.627 bits per heavy atom. The number of quaternary nitrogens is 1. The molecule has 0 bridgehead atoms. The van der Waals surface area contributed by atoms with Crippen LogP contribution >= 0.6 is 0 Å². The molecule has 0 unspecified atom stereocenters. The van der Waals surface area contributed by atoms with Gasteiger partial charge in [-0.3, -0.25) is 19.4 Å². The van der Waals surface area contributed by atoms with Gasteiger partial charge in [-0.2, -0.15) is 41.5 Å². The lowest BCUT2D eigenvalue weighted by atomic mass is 9.94. The molecule has 0 radical (unpaired) electrons. The Balaban J connectivity index is 0.951. The number of halogens is 6. The van der Waals surface area contributed by atoms with Gasteiger partial charge >= 0.3 is 24.4 Å². The predicted octanol–water partition coefficient (Wildman–Crippen LogP) is 7.52. The predicted molar refractivity (Wildman–Crippen MR) is 227 cm³/mol. The van der Waals surface area contributed by atoms with E-state index >= 15 is 0 Å². The van der Waals surface area contributed by atoms with Gasteiger partial charge in [-0.25, -0.2) is 14.8 Å². The van der Waals surface area contributed by atoms with E-state index in [1.54, 1.807) is 24.3 Å². The number of amides is 6. The average molecular weight is 925 g/mol. The maximum absolute atomic E-state index is 14.2. The van der Waals surface area contributed by atoms with Crippen LogP contribution in [0.2, 0.25) is 0 Å². The lowest BCUT2D eigenvalue weighted by Gasteiger charge is -2.34. The Labute approximate surface area is 379 Å². The van der Waals surface area contributed by atoms with E-state index < -0.39 is 64.1 Å². The van der Waals surface area contributed by atoms with Crippen LogP contribution in [-0.4, -0.2) is 89.8 Å². The Bertz CT molecular complexity index is 2620. The molecule has 4 aromatic rings. The van der Waals surface area contributed by atoms with Crippen LogP contribution in [0.3, 0.4) is 0 Å². The molecule has 4 aromatic carbocycles. The van der Waals surface area contributed by atoms with Gasteiger partial charge in [0.05, 0.1) is 101 Å². The van der Waals surface area contributed by atoms with Crippen molar-refractivity contribution in [1.82, 2.24) is 20.4 Å². The molecule has 344 valence electrons. The summed E-state index contributed by atoms with van der Waals surface area (Å²) in [5.74, 6) is -0.965. The van der Waals surface area contributed by atoms with Crippen LogP contribution in [0.25, 0.3) is 0 Å². The van der Waals surface area contributed by atoms with Crippen LogP contribution in [0.15, 0.2) is 120 Å². The Hall–Kier alpha value is -7.68. The molecule has 2 atom stereocenters. The molecule has 4 aliphatic heterocycles. The highest BCUT2D eigenvalue weighted by atomic mass is 19.4. The minimum Gasteiger partial charge on any atom is -0.333 e. The van der Waals surface area contributed by atoms with E-state index in [0.717, 1.165) is 34.1 Å². The molecule has 14 nitrogen and oxygen atoms in total. The monoisotopic (exact) mass is 924 g/mol. The smallest absolute Gasteiger partial charge is 0.333 e. The lowest BCUT2D eigenvalue weighted by Crippen LogP contribution is -2.47. The van der Waals surface area contributed by atoms with Crippen LogP contribution in [0.5, 0.6) is 0 Å². The topological polar surface area (TPSA) is 173 Å². The zero-order chi connectivity index (χ0) is 48.0. The number of anilines is 2. The molecule has 0 saturated heterocycles. The molecule has 0 saturated carbocycles. The van der Waals surface area contributed by atoms with Gasteiger partial charge in [-0.15, -0.1) is 0 Å². The number of nitrogens with zero attached hydrogens (tertiary/aromatic N) is 7. The van der Waals surface area contributed by atoms with Crippen molar-refractivity contribution in [3.05, 3.63) is 153 Å². The molecular weight excluding hydrogens is 885 g/mol. The number of alkyl halides is 6. The minimum absolute atomic E-state index is 0.0787. The van der Waals surface area contributed by atoms with Gasteiger partial charge in [0.15, 0.2) is 0 Å². The summed E-state index contributed by atoms with van der Waals surface area (Å²) in [7, 11) is 1.53. The van der Waals surface area contributed by atoms with Gasteiger partial charge in [0.1, 0.15) is 13.1 Å². The molecule has 8 rings (SSSR count). The number of benzene rings is 4. The van der Waals surface area contributed by atoms with E-state index in [1.165, 1.54) is 65.4 Å². The second-order valence-electron chi connectivity index (χ2n) is 16.7. The van der Waals surface area contributed by atoms with Crippen molar-refractivity contribution in [2.75, 3.05) is 56.1 Å². The summed E-state index contributed by atoms with van der Waals surface area (Å²) in [4.78, 5) is 60.7.